The molecule has 8 nitrogen and oxygen atoms in total. The molecule has 0 spiro atoms. The average molecular weight is 510 g/mol. The highest BCUT2D eigenvalue weighted by Crippen LogP contribution is 2.38. The molecule has 1 fully saturated rings. The van der Waals surface area contributed by atoms with E-state index in [0.717, 1.165) is 31.2 Å². The number of nitrogens with zero attached hydrogens (tertiary/aromatic N) is 1. The average Bonchev–Trinajstić information content (AvgIpc) is 3.18. The van der Waals surface area contributed by atoms with Gasteiger partial charge in [0, 0.05) is 23.7 Å². The summed E-state index contributed by atoms with van der Waals surface area (Å²) < 4.78 is 37.5. The van der Waals surface area contributed by atoms with Crippen LogP contribution in [0.1, 0.15) is 40.6 Å². The Labute approximate surface area is 203 Å². The Balaban J connectivity index is 1.46. The number of carbonyl (C=O) groups excluding carboxylic acids is 1. The SMILES string of the molecule is CCOC(=O)c1c(NC(=S)Nc2ccc(S(=O)(=O)N3CCOCC3)cc2)sc2c1CCCC2. The third-order valence-corrected chi connectivity index (χ3v) is 8.92. The minimum absolute atomic E-state index is 0.226. The van der Waals surface area contributed by atoms with E-state index in [1.807, 2.05) is 0 Å². The first-order valence-electron chi connectivity index (χ1n) is 11.0. The van der Waals surface area contributed by atoms with Crippen LogP contribution >= 0.6 is 23.6 Å². The van der Waals surface area contributed by atoms with Gasteiger partial charge in [-0.25, -0.2) is 13.2 Å². The minimum Gasteiger partial charge on any atom is -0.462 e. The van der Waals surface area contributed by atoms with Gasteiger partial charge in [0.1, 0.15) is 5.00 Å². The second kappa shape index (κ2) is 10.5. The van der Waals surface area contributed by atoms with Gasteiger partial charge < -0.3 is 20.1 Å². The molecule has 0 amide bonds. The monoisotopic (exact) mass is 509 g/mol. The lowest BCUT2D eigenvalue weighted by atomic mass is 9.95. The second-order valence-corrected chi connectivity index (χ2v) is 11.2. The number of ether oxygens (including phenoxy) is 2. The Morgan fingerprint density at radius 3 is 2.55 bits per heavy atom. The summed E-state index contributed by atoms with van der Waals surface area (Å²) in [6.07, 6.45) is 3.98. The largest absolute Gasteiger partial charge is 0.462 e. The first-order chi connectivity index (χ1) is 15.9. The van der Waals surface area contributed by atoms with Crippen molar-refractivity contribution in [1.29, 1.82) is 0 Å². The molecular formula is C22H27N3O5S3. The number of morpholine rings is 1. The summed E-state index contributed by atoms with van der Waals surface area (Å²) in [4.78, 5) is 14.0. The molecule has 11 heteroatoms. The van der Waals surface area contributed by atoms with Gasteiger partial charge in [-0.05, 0) is 74.7 Å². The van der Waals surface area contributed by atoms with E-state index in [-0.39, 0.29) is 10.9 Å². The number of esters is 1. The number of thiocarbonyl (C=S) groups is 1. The van der Waals surface area contributed by atoms with Crippen molar-refractivity contribution in [3.05, 3.63) is 40.3 Å². The van der Waals surface area contributed by atoms with Crippen molar-refractivity contribution in [2.45, 2.75) is 37.5 Å². The first-order valence-corrected chi connectivity index (χ1v) is 13.6. The zero-order chi connectivity index (χ0) is 23.4. The normalized spacial score (nSPS) is 16.6. The van der Waals surface area contributed by atoms with Gasteiger partial charge in [0.2, 0.25) is 10.0 Å². The van der Waals surface area contributed by atoms with Crippen LogP contribution in [-0.2, 0) is 32.3 Å². The summed E-state index contributed by atoms with van der Waals surface area (Å²) in [6, 6.07) is 6.47. The first kappa shape index (κ1) is 24.1. The standard InChI is InChI=1S/C22H27N3O5S3/c1-2-30-21(26)19-17-5-3-4-6-18(17)32-20(19)24-22(31)23-15-7-9-16(10-8-15)33(27,28)25-11-13-29-14-12-25/h7-10H,2-6,11-14H2,1H3,(H2,23,24,31). The summed E-state index contributed by atoms with van der Waals surface area (Å²) in [5.74, 6) is -0.333. The lowest BCUT2D eigenvalue weighted by molar-refractivity contribution is 0.0526. The van der Waals surface area contributed by atoms with Gasteiger partial charge in [0.15, 0.2) is 5.11 Å². The van der Waals surface area contributed by atoms with Crippen molar-refractivity contribution in [2.24, 2.45) is 0 Å². The molecule has 0 radical (unpaired) electrons. The third-order valence-electron chi connectivity index (χ3n) is 5.60. The molecule has 0 bridgehead atoms. The molecule has 0 saturated carbocycles. The maximum atomic E-state index is 12.8. The third kappa shape index (κ3) is 5.38. The predicted octanol–water partition coefficient (Wildman–Crippen LogP) is 3.63. The molecule has 0 atom stereocenters. The maximum Gasteiger partial charge on any atom is 0.341 e. The molecule has 2 N–H and O–H groups in total. The van der Waals surface area contributed by atoms with Crippen molar-refractivity contribution in [3.8, 4) is 0 Å². The summed E-state index contributed by atoms with van der Waals surface area (Å²) in [5.41, 5.74) is 2.28. The molecule has 1 aliphatic carbocycles. The molecule has 1 aromatic carbocycles. The maximum absolute atomic E-state index is 12.8. The number of hydrogen-bond acceptors (Lipinski definition) is 7. The van der Waals surface area contributed by atoms with Crippen molar-refractivity contribution < 1.29 is 22.7 Å². The summed E-state index contributed by atoms with van der Waals surface area (Å²) in [5, 5.41) is 7.23. The molecule has 33 heavy (non-hydrogen) atoms. The fourth-order valence-corrected chi connectivity index (χ4v) is 6.96. The predicted molar refractivity (Wildman–Crippen MR) is 133 cm³/mol. The topological polar surface area (TPSA) is 97.0 Å². The zero-order valence-electron chi connectivity index (χ0n) is 18.4. The number of benzene rings is 1. The molecule has 4 rings (SSSR count). The number of anilines is 2. The number of hydrogen-bond donors (Lipinski definition) is 2. The van der Waals surface area contributed by atoms with Crippen LogP contribution in [0.3, 0.4) is 0 Å². The minimum atomic E-state index is -3.55. The van der Waals surface area contributed by atoms with Gasteiger partial charge in [-0.3, -0.25) is 0 Å². The zero-order valence-corrected chi connectivity index (χ0v) is 20.8. The summed E-state index contributed by atoms with van der Waals surface area (Å²) in [7, 11) is -3.55. The van der Waals surface area contributed by atoms with Crippen LogP contribution in [0.2, 0.25) is 0 Å². The van der Waals surface area contributed by atoms with E-state index in [2.05, 4.69) is 10.6 Å². The number of aryl methyl sites for hydroxylation is 1. The molecule has 178 valence electrons. The molecule has 2 aromatic rings. The Morgan fingerprint density at radius 1 is 1.15 bits per heavy atom. The van der Waals surface area contributed by atoms with E-state index in [9.17, 15) is 13.2 Å². The Morgan fingerprint density at radius 2 is 1.85 bits per heavy atom. The van der Waals surface area contributed by atoms with Gasteiger partial charge in [-0.15, -0.1) is 11.3 Å². The highest BCUT2D eigenvalue weighted by atomic mass is 32.2. The fourth-order valence-electron chi connectivity index (χ4n) is 3.98. The number of thiophene rings is 1. The molecule has 1 aromatic heterocycles. The van der Waals surface area contributed by atoms with Gasteiger partial charge >= 0.3 is 5.97 Å². The lowest BCUT2D eigenvalue weighted by Crippen LogP contribution is -2.40. The summed E-state index contributed by atoms with van der Waals surface area (Å²) in [6.45, 7) is 3.61. The van der Waals surface area contributed by atoms with Crippen molar-refractivity contribution in [2.75, 3.05) is 43.5 Å². The quantitative estimate of drug-likeness (QED) is 0.450. The molecule has 1 saturated heterocycles. The van der Waals surface area contributed by atoms with E-state index in [1.54, 1.807) is 42.5 Å². The van der Waals surface area contributed by atoms with Crippen LogP contribution in [0.25, 0.3) is 0 Å². The Kier molecular flexibility index (Phi) is 7.65. The molecular weight excluding hydrogens is 482 g/mol. The molecule has 2 aliphatic rings. The van der Waals surface area contributed by atoms with Gasteiger partial charge in [0.05, 0.1) is 30.3 Å². The van der Waals surface area contributed by atoms with Crippen LogP contribution in [0.15, 0.2) is 29.2 Å². The van der Waals surface area contributed by atoms with Gasteiger partial charge in [-0.2, -0.15) is 4.31 Å². The number of nitrogens with one attached hydrogen (secondary N) is 2. The van der Waals surface area contributed by atoms with Gasteiger partial charge in [-0.1, -0.05) is 0 Å². The van der Waals surface area contributed by atoms with E-state index in [1.165, 1.54) is 9.18 Å². The van der Waals surface area contributed by atoms with E-state index >= 15 is 0 Å². The Hall–Kier alpha value is -2.05. The molecule has 2 heterocycles. The summed E-state index contributed by atoms with van der Waals surface area (Å²) >= 11 is 7.01. The lowest BCUT2D eigenvalue weighted by Gasteiger charge is -2.26. The number of fused-ring (bicyclic) bond motifs is 1. The number of sulfonamides is 1. The van der Waals surface area contributed by atoms with Crippen molar-refractivity contribution in [3.63, 3.8) is 0 Å². The van der Waals surface area contributed by atoms with Crippen molar-refractivity contribution in [1.82, 2.24) is 4.31 Å². The number of rotatable bonds is 6. The van der Waals surface area contributed by atoms with E-state index < -0.39 is 10.0 Å². The fraction of sp³-hybridized carbons (Fsp3) is 0.455. The van der Waals surface area contributed by atoms with E-state index in [0.29, 0.717) is 54.3 Å². The van der Waals surface area contributed by atoms with E-state index in [4.69, 9.17) is 21.7 Å². The van der Waals surface area contributed by atoms with Crippen LogP contribution in [0.5, 0.6) is 0 Å². The molecule has 0 unspecified atom stereocenters. The Bertz CT molecular complexity index is 1120. The highest BCUT2D eigenvalue weighted by Gasteiger charge is 2.28. The van der Waals surface area contributed by atoms with Crippen LogP contribution in [-0.4, -0.2) is 56.7 Å². The van der Waals surface area contributed by atoms with Crippen LogP contribution in [0, 0.1) is 0 Å². The van der Waals surface area contributed by atoms with Crippen LogP contribution < -0.4 is 10.6 Å². The van der Waals surface area contributed by atoms with Gasteiger partial charge in [0.25, 0.3) is 0 Å². The number of carbonyl (C=O) groups is 1. The molecule has 1 aliphatic heterocycles. The smallest absolute Gasteiger partial charge is 0.341 e. The highest BCUT2D eigenvalue weighted by molar-refractivity contribution is 7.89. The van der Waals surface area contributed by atoms with Crippen LogP contribution in [0.4, 0.5) is 10.7 Å². The second-order valence-electron chi connectivity index (χ2n) is 7.76. The van der Waals surface area contributed by atoms with Crippen molar-refractivity contribution >= 4 is 55.3 Å².